The maximum absolute atomic E-state index is 12.9. The minimum Gasteiger partial charge on any atom is -0.486 e. The molecule has 162 valence electrons. The lowest BCUT2D eigenvalue weighted by atomic mass is 9.95. The van der Waals surface area contributed by atoms with Crippen molar-refractivity contribution in [2.24, 2.45) is 11.8 Å². The van der Waals surface area contributed by atoms with Crippen molar-refractivity contribution in [1.29, 1.82) is 0 Å². The number of fused-ring (bicyclic) bond motifs is 1. The number of likely N-dealkylation sites (tertiary alicyclic amines) is 1. The third kappa shape index (κ3) is 4.52. The van der Waals surface area contributed by atoms with Gasteiger partial charge in [-0.1, -0.05) is 6.07 Å². The van der Waals surface area contributed by atoms with Gasteiger partial charge in [0.05, 0.1) is 6.61 Å². The van der Waals surface area contributed by atoms with Crippen molar-refractivity contribution in [3.63, 3.8) is 0 Å². The van der Waals surface area contributed by atoms with Crippen LogP contribution in [0.2, 0.25) is 0 Å². The zero-order valence-corrected chi connectivity index (χ0v) is 17.2. The number of esters is 1. The number of hydrogen-bond donors (Lipinski definition) is 1. The summed E-state index contributed by atoms with van der Waals surface area (Å²) < 4.78 is 16.0. The van der Waals surface area contributed by atoms with Gasteiger partial charge in [0.2, 0.25) is 11.8 Å². The first kappa shape index (κ1) is 20.5. The number of rotatable bonds is 6. The molecule has 0 radical (unpaired) electrons. The van der Waals surface area contributed by atoms with E-state index in [1.807, 2.05) is 23.1 Å². The first-order valence-corrected chi connectivity index (χ1v) is 10.7. The topological polar surface area (TPSA) is 94.2 Å². The first-order valence-electron chi connectivity index (χ1n) is 10.7. The molecule has 0 spiro atoms. The molecule has 2 atom stereocenters. The normalized spacial score (nSPS) is 22.9. The van der Waals surface area contributed by atoms with E-state index < -0.39 is 5.97 Å². The number of nitrogens with zero attached hydrogens (tertiary/aromatic N) is 1. The molecule has 2 aliphatic heterocycles. The van der Waals surface area contributed by atoms with E-state index in [0.29, 0.717) is 45.8 Å². The van der Waals surface area contributed by atoms with E-state index in [-0.39, 0.29) is 36.1 Å². The third-order valence-electron chi connectivity index (χ3n) is 5.99. The SMILES string of the molecule is CCOC(=O)CNC(=O)C1CCN(C(=O)[C@@H]2C[C@@H]2c2ccc3c(c2)OCCO3)CC1. The number of carbonyl (C=O) groups is 3. The predicted octanol–water partition coefficient (Wildman–Crippen LogP) is 1.48. The highest BCUT2D eigenvalue weighted by Gasteiger charge is 2.46. The quantitative estimate of drug-likeness (QED) is 0.706. The van der Waals surface area contributed by atoms with E-state index in [1.54, 1.807) is 6.92 Å². The molecule has 0 aromatic heterocycles. The van der Waals surface area contributed by atoms with Crippen molar-refractivity contribution in [1.82, 2.24) is 10.2 Å². The van der Waals surface area contributed by atoms with Gasteiger partial charge in [-0.25, -0.2) is 0 Å². The van der Waals surface area contributed by atoms with Crippen molar-refractivity contribution < 1.29 is 28.6 Å². The van der Waals surface area contributed by atoms with Crippen LogP contribution in [-0.4, -0.2) is 62.1 Å². The number of benzene rings is 1. The van der Waals surface area contributed by atoms with Crippen LogP contribution in [0.5, 0.6) is 11.5 Å². The Kier molecular flexibility index (Phi) is 6.11. The molecular weight excluding hydrogens is 388 g/mol. The maximum Gasteiger partial charge on any atom is 0.325 e. The van der Waals surface area contributed by atoms with Gasteiger partial charge in [0.1, 0.15) is 19.8 Å². The first-order chi connectivity index (χ1) is 14.6. The number of amides is 2. The third-order valence-corrected chi connectivity index (χ3v) is 5.99. The van der Waals surface area contributed by atoms with Crippen LogP contribution in [0.15, 0.2) is 18.2 Å². The Morgan fingerprint density at radius 1 is 1.13 bits per heavy atom. The fraction of sp³-hybridized carbons (Fsp3) is 0.591. The molecule has 8 nitrogen and oxygen atoms in total. The second kappa shape index (κ2) is 8.93. The van der Waals surface area contributed by atoms with E-state index in [9.17, 15) is 14.4 Å². The van der Waals surface area contributed by atoms with Crippen molar-refractivity contribution >= 4 is 17.8 Å². The maximum atomic E-state index is 12.9. The van der Waals surface area contributed by atoms with Gasteiger partial charge in [-0.15, -0.1) is 0 Å². The second-order valence-corrected chi connectivity index (χ2v) is 7.97. The van der Waals surface area contributed by atoms with Crippen LogP contribution in [0.1, 0.15) is 37.7 Å². The predicted molar refractivity (Wildman–Crippen MR) is 107 cm³/mol. The van der Waals surface area contributed by atoms with Crippen LogP contribution in [0, 0.1) is 11.8 Å². The molecule has 1 aromatic rings. The van der Waals surface area contributed by atoms with Crippen LogP contribution in [-0.2, 0) is 19.1 Å². The Labute approximate surface area is 175 Å². The minimum absolute atomic E-state index is 0.00162. The number of hydrogen-bond acceptors (Lipinski definition) is 6. The molecule has 30 heavy (non-hydrogen) atoms. The molecule has 8 heteroatoms. The van der Waals surface area contributed by atoms with E-state index in [0.717, 1.165) is 23.5 Å². The van der Waals surface area contributed by atoms with Crippen molar-refractivity contribution in [3.05, 3.63) is 23.8 Å². The Morgan fingerprint density at radius 3 is 2.60 bits per heavy atom. The summed E-state index contributed by atoms with van der Waals surface area (Å²) in [6.45, 7) is 4.17. The van der Waals surface area contributed by atoms with Crippen LogP contribution in [0.25, 0.3) is 0 Å². The van der Waals surface area contributed by atoms with Gasteiger partial charge in [-0.05, 0) is 49.8 Å². The van der Waals surface area contributed by atoms with E-state index in [2.05, 4.69) is 5.32 Å². The smallest absolute Gasteiger partial charge is 0.325 e. The molecule has 2 fully saturated rings. The lowest BCUT2D eigenvalue weighted by molar-refractivity contribution is -0.144. The van der Waals surface area contributed by atoms with Crippen molar-refractivity contribution in [3.8, 4) is 11.5 Å². The molecule has 2 amide bonds. The summed E-state index contributed by atoms with van der Waals surface area (Å²) in [7, 11) is 0. The molecule has 1 aliphatic carbocycles. The molecule has 4 rings (SSSR count). The monoisotopic (exact) mass is 416 g/mol. The summed E-state index contributed by atoms with van der Waals surface area (Å²) in [6.07, 6.45) is 2.07. The van der Waals surface area contributed by atoms with Gasteiger partial charge in [0.25, 0.3) is 0 Å². The molecular formula is C22H28N2O6. The minimum atomic E-state index is -0.433. The Morgan fingerprint density at radius 2 is 1.87 bits per heavy atom. The zero-order valence-electron chi connectivity index (χ0n) is 17.2. The summed E-state index contributed by atoms with van der Waals surface area (Å²) in [5.41, 5.74) is 1.12. The fourth-order valence-electron chi connectivity index (χ4n) is 4.24. The standard InChI is InChI=1S/C22H28N2O6/c1-2-28-20(25)13-23-21(26)14-5-7-24(8-6-14)22(27)17-12-16(17)15-3-4-18-19(11-15)30-10-9-29-18/h3-4,11,14,16-17H,2,5-10,12-13H2,1H3,(H,23,26)/t16-,17-/m1/s1. The lowest BCUT2D eigenvalue weighted by Gasteiger charge is -2.31. The summed E-state index contributed by atoms with van der Waals surface area (Å²) in [5.74, 6) is 1.16. The van der Waals surface area contributed by atoms with E-state index in [1.165, 1.54) is 0 Å². The van der Waals surface area contributed by atoms with Crippen LogP contribution >= 0.6 is 0 Å². The van der Waals surface area contributed by atoms with Crippen molar-refractivity contribution in [2.75, 3.05) is 39.5 Å². The average molecular weight is 416 g/mol. The molecule has 2 heterocycles. The molecule has 0 bridgehead atoms. The Hall–Kier alpha value is -2.77. The highest BCUT2D eigenvalue weighted by atomic mass is 16.6. The summed E-state index contributed by atoms with van der Waals surface area (Å²) in [4.78, 5) is 38.4. The highest BCUT2D eigenvalue weighted by molar-refractivity contribution is 5.85. The van der Waals surface area contributed by atoms with Crippen LogP contribution < -0.4 is 14.8 Å². The van der Waals surface area contributed by atoms with E-state index >= 15 is 0 Å². The van der Waals surface area contributed by atoms with Gasteiger partial charge in [-0.3, -0.25) is 14.4 Å². The Balaban J connectivity index is 1.24. The van der Waals surface area contributed by atoms with Crippen molar-refractivity contribution in [2.45, 2.75) is 32.1 Å². The number of ether oxygens (including phenoxy) is 3. The second-order valence-electron chi connectivity index (χ2n) is 7.97. The molecule has 0 unspecified atom stereocenters. The Bertz CT molecular complexity index is 818. The molecule has 1 saturated heterocycles. The van der Waals surface area contributed by atoms with E-state index in [4.69, 9.17) is 14.2 Å². The number of carbonyl (C=O) groups excluding carboxylic acids is 3. The zero-order chi connectivity index (χ0) is 21.1. The highest BCUT2D eigenvalue weighted by Crippen LogP contribution is 2.50. The van der Waals surface area contributed by atoms with Gasteiger partial charge >= 0.3 is 5.97 Å². The number of piperidine rings is 1. The summed E-state index contributed by atoms with van der Waals surface area (Å²) in [6, 6.07) is 5.93. The fourth-order valence-corrected chi connectivity index (χ4v) is 4.24. The van der Waals surface area contributed by atoms with Gasteiger partial charge in [-0.2, -0.15) is 0 Å². The van der Waals surface area contributed by atoms with Gasteiger partial charge < -0.3 is 24.4 Å². The lowest BCUT2D eigenvalue weighted by Crippen LogP contribution is -2.44. The number of nitrogens with one attached hydrogen (secondary N) is 1. The summed E-state index contributed by atoms with van der Waals surface area (Å²) >= 11 is 0. The molecule has 1 saturated carbocycles. The average Bonchev–Trinajstić information content (AvgIpc) is 3.58. The largest absolute Gasteiger partial charge is 0.486 e. The van der Waals surface area contributed by atoms with Crippen LogP contribution in [0.3, 0.4) is 0 Å². The molecule has 3 aliphatic rings. The van der Waals surface area contributed by atoms with Gasteiger partial charge in [0.15, 0.2) is 11.5 Å². The van der Waals surface area contributed by atoms with Crippen LogP contribution in [0.4, 0.5) is 0 Å². The van der Waals surface area contributed by atoms with Gasteiger partial charge in [0, 0.05) is 24.9 Å². The molecule has 1 N–H and O–H groups in total. The summed E-state index contributed by atoms with van der Waals surface area (Å²) in [5, 5.41) is 2.63. The molecule has 1 aromatic carbocycles.